The van der Waals surface area contributed by atoms with Gasteiger partial charge in [0.15, 0.2) is 0 Å². The van der Waals surface area contributed by atoms with Gasteiger partial charge in [0, 0.05) is 42.0 Å². The number of aromatic nitrogens is 1. The molecule has 1 amide bonds. The summed E-state index contributed by atoms with van der Waals surface area (Å²) >= 11 is 0. The molecule has 0 saturated carbocycles. The lowest BCUT2D eigenvalue weighted by molar-refractivity contribution is -0.116. The molecule has 132 valence electrons. The van der Waals surface area contributed by atoms with Crippen LogP contribution in [0.25, 0.3) is 11.1 Å². The van der Waals surface area contributed by atoms with E-state index in [0.29, 0.717) is 18.0 Å². The molecule has 0 radical (unpaired) electrons. The Bertz CT molecular complexity index is 637. The molecule has 1 unspecified atom stereocenters. The molecule has 2 rings (SSSR count). The van der Waals surface area contributed by atoms with E-state index in [1.54, 1.807) is 19.3 Å². The normalized spacial score (nSPS) is 10.8. The van der Waals surface area contributed by atoms with Crippen LogP contribution in [-0.4, -0.2) is 23.5 Å². The Morgan fingerprint density at radius 1 is 1.33 bits per heavy atom. The third-order valence-corrected chi connectivity index (χ3v) is 3.06. The first-order valence-corrected chi connectivity index (χ1v) is 7.32. The van der Waals surface area contributed by atoms with Crippen molar-refractivity contribution in [3.8, 4) is 16.9 Å². The number of carbonyl (C=O) groups is 1. The van der Waals surface area contributed by atoms with Gasteiger partial charge in [-0.3, -0.25) is 9.78 Å². The number of nitrogens with two attached hydrogens (primary N) is 1. The fourth-order valence-electron chi connectivity index (χ4n) is 2.15. The number of carbonyl (C=O) groups excluding carboxylic acids is 1. The molecule has 1 heterocycles. The van der Waals surface area contributed by atoms with E-state index in [4.69, 9.17) is 10.5 Å². The van der Waals surface area contributed by atoms with Crippen LogP contribution in [0.15, 0.2) is 42.7 Å². The zero-order chi connectivity index (χ0) is 15.9. The lowest BCUT2D eigenvalue weighted by atomic mass is 10.0. The van der Waals surface area contributed by atoms with Gasteiger partial charge in [-0.05, 0) is 32.0 Å². The highest BCUT2D eigenvalue weighted by Gasteiger charge is 2.11. The molecule has 1 atom stereocenters. The van der Waals surface area contributed by atoms with Crippen molar-refractivity contribution in [1.82, 2.24) is 4.98 Å². The highest BCUT2D eigenvalue weighted by Crippen LogP contribution is 2.31. The molecular weight excluding hydrogens is 349 g/mol. The van der Waals surface area contributed by atoms with Crippen molar-refractivity contribution in [1.29, 1.82) is 0 Å². The van der Waals surface area contributed by atoms with E-state index in [1.807, 2.05) is 37.3 Å². The van der Waals surface area contributed by atoms with Gasteiger partial charge in [-0.25, -0.2) is 0 Å². The van der Waals surface area contributed by atoms with Gasteiger partial charge in [-0.2, -0.15) is 0 Å². The van der Waals surface area contributed by atoms with E-state index in [-0.39, 0.29) is 43.2 Å². The number of ether oxygens (including phenoxy) is 1. The number of anilines is 1. The van der Waals surface area contributed by atoms with Crippen molar-refractivity contribution in [2.24, 2.45) is 5.73 Å². The molecule has 0 aliphatic carbocycles. The lowest BCUT2D eigenvalue weighted by Crippen LogP contribution is -2.24. The summed E-state index contributed by atoms with van der Waals surface area (Å²) in [6, 6.07) is 9.25. The number of hydrogen-bond acceptors (Lipinski definition) is 4. The predicted molar refractivity (Wildman–Crippen MR) is 102 cm³/mol. The highest BCUT2D eigenvalue weighted by atomic mass is 35.5. The molecule has 3 N–H and O–H groups in total. The van der Waals surface area contributed by atoms with Gasteiger partial charge in [-0.1, -0.05) is 6.07 Å². The summed E-state index contributed by atoms with van der Waals surface area (Å²) in [6.07, 6.45) is 3.74. The molecule has 5 nitrogen and oxygen atoms in total. The van der Waals surface area contributed by atoms with Crippen LogP contribution in [0, 0.1) is 0 Å². The second-order valence-corrected chi connectivity index (χ2v) is 5.11. The second-order valence-electron chi connectivity index (χ2n) is 5.11. The maximum atomic E-state index is 12.0. The van der Waals surface area contributed by atoms with E-state index in [2.05, 4.69) is 10.3 Å². The number of rotatable bonds is 6. The van der Waals surface area contributed by atoms with Gasteiger partial charge < -0.3 is 15.8 Å². The summed E-state index contributed by atoms with van der Waals surface area (Å²) in [5.41, 5.74) is 8.21. The lowest BCUT2D eigenvalue weighted by Gasteiger charge is -2.14. The molecule has 2 aromatic rings. The summed E-state index contributed by atoms with van der Waals surface area (Å²) in [6.45, 7) is 4.29. The van der Waals surface area contributed by atoms with Gasteiger partial charge in [0.2, 0.25) is 5.91 Å². The van der Waals surface area contributed by atoms with Crippen LogP contribution in [0.5, 0.6) is 5.75 Å². The van der Waals surface area contributed by atoms with Gasteiger partial charge >= 0.3 is 0 Å². The minimum Gasteiger partial charge on any atom is -0.494 e. The topological polar surface area (TPSA) is 77.2 Å². The summed E-state index contributed by atoms with van der Waals surface area (Å²) in [7, 11) is 0. The predicted octanol–water partition coefficient (Wildman–Crippen LogP) is 3.67. The number of nitrogens with one attached hydrogen (secondary N) is 1. The van der Waals surface area contributed by atoms with E-state index >= 15 is 0 Å². The Hall–Kier alpha value is -1.82. The van der Waals surface area contributed by atoms with Crippen molar-refractivity contribution in [2.75, 3.05) is 11.9 Å². The molecule has 1 aromatic carbocycles. The molecule has 0 aliphatic heterocycles. The molecular formula is C17H23Cl2N3O2. The number of benzene rings is 1. The third-order valence-electron chi connectivity index (χ3n) is 3.06. The van der Waals surface area contributed by atoms with E-state index in [1.165, 1.54) is 0 Å². The smallest absolute Gasteiger partial charge is 0.225 e. The van der Waals surface area contributed by atoms with Gasteiger partial charge in [-0.15, -0.1) is 24.8 Å². The zero-order valence-electron chi connectivity index (χ0n) is 13.7. The summed E-state index contributed by atoms with van der Waals surface area (Å²) in [5, 5.41) is 2.91. The first-order chi connectivity index (χ1) is 10.6. The maximum absolute atomic E-state index is 12.0. The standard InChI is InChI=1S/C17H21N3O2.2ClH/c1-3-22-14-6-7-15(13-5-4-8-19-11-13)16(10-14)20-17(21)9-12(2)18;;/h4-8,10-12H,3,9,18H2,1-2H3,(H,20,21);2*1H. The van der Waals surface area contributed by atoms with Crippen molar-refractivity contribution in [3.63, 3.8) is 0 Å². The SMILES string of the molecule is CCOc1ccc(-c2cccnc2)c(NC(=O)CC(C)N)c1.Cl.Cl. The van der Waals surface area contributed by atoms with Crippen molar-refractivity contribution in [3.05, 3.63) is 42.7 Å². The zero-order valence-corrected chi connectivity index (χ0v) is 15.3. The van der Waals surface area contributed by atoms with Crippen molar-refractivity contribution in [2.45, 2.75) is 26.3 Å². The average molecular weight is 372 g/mol. The number of halogens is 2. The van der Waals surface area contributed by atoms with Gasteiger partial charge in [0.05, 0.1) is 12.3 Å². The van der Waals surface area contributed by atoms with Crippen LogP contribution in [0.1, 0.15) is 20.3 Å². The molecule has 0 aliphatic rings. The van der Waals surface area contributed by atoms with Crippen LogP contribution in [0.2, 0.25) is 0 Å². The van der Waals surface area contributed by atoms with E-state index in [0.717, 1.165) is 11.1 Å². The number of amides is 1. The first-order valence-electron chi connectivity index (χ1n) is 7.32. The molecule has 0 bridgehead atoms. The van der Waals surface area contributed by atoms with Gasteiger partial charge in [0.25, 0.3) is 0 Å². The number of pyridine rings is 1. The minimum atomic E-state index is -0.183. The monoisotopic (exact) mass is 371 g/mol. The highest BCUT2D eigenvalue weighted by molar-refractivity contribution is 5.96. The number of nitrogens with zero attached hydrogens (tertiary/aromatic N) is 1. The van der Waals surface area contributed by atoms with E-state index in [9.17, 15) is 4.79 Å². The van der Waals surface area contributed by atoms with Crippen LogP contribution < -0.4 is 15.8 Å². The molecule has 0 saturated heterocycles. The Balaban J connectivity index is 0.00000264. The van der Waals surface area contributed by atoms with Crippen LogP contribution in [0.3, 0.4) is 0 Å². The fraction of sp³-hybridized carbons (Fsp3) is 0.294. The minimum absolute atomic E-state index is 0. The first kappa shape index (κ1) is 22.2. The summed E-state index contributed by atoms with van der Waals surface area (Å²) in [4.78, 5) is 16.2. The third kappa shape index (κ3) is 6.35. The van der Waals surface area contributed by atoms with Crippen LogP contribution in [-0.2, 0) is 4.79 Å². The number of hydrogen-bond donors (Lipinski definition) is 2. The second kappa shape index (κ2) is 10.9. The molecule has 24 heavy (non-hydrogen) atoms. The summed E-state index contributed by atoms with van der Waals surface area (Å²) < 4.78 is 5.51. The largest absolute Gasteiger partial charge is 0.494 e. The fourth-order valence-corrected chi connectivity index (χ4v) is 2.15. The Labute approximate surface area is 154 Å². The Morgan fingerprint density at radius 2 is 2.08 bits per heavy atom. The van der Waals surface area contributed by atoms with Crippen molar-refractivity contribution < 1.29 is 9.53 Å². The molecule has 0 fully saturated rings. The Kier molecular flexibility index (Phi) is 10.0. The Morgan fingerprint density at radius 3 is 2.67 bits per heavy atom. The van der Waals surface area contributed by atoms with Crippen LogP contribution >= 0.6 is 24.8 Å². The van der Waals surface area contributed by atoms with Crippen molar-refractivity contribution >= 4 is 36.4 Å². The molecule has 1 aromatic heterocycles. The maximum Gasteiger partial charge on any atom is 0.225 e. The molecule has 7 heteroatoms. The van der Waals surface area contributed by atoms with Gasteiger partial charge in [0.1, 0.15) is 5.75 Å². The quantitative estimate of drug-likeness (QED) is 0.811. The average Bonchev–Trinajstić information content (AvgIpc) is 2.48. The summed E-state index contributed by atoms with van der Waals surface area (Å²) in [5.74, 6) is 0.597. The molecule has 0 spiro atoms. The van der Waals surface area contributed by atoms with Crippen LogP contribution in [0.4, 0.5) is 5.69 Å². The van der Waals surface area contributed by atoms with E-state index < -0.39 is 0 Å².